The maximum absolute atomic E-state index is 14.0. The second-order valence-corrected chi connectivity index (χ2v) is 8.80. The highest BCUT2D eigenvalue weighted by Gasteiger charge is 2.39. The van der Waals surface area contributed by atoms with Crippen molar-refractivity contribution in [1.29, 1.82) is 0 Å². The van der Waals surface area contributed by atoms with Crippen LogP contribution in [0.3, 0.4) is 0 Å². The fourth-order valence-corrected chi connectivity index (χ4v) is 4.46. The minimum absolute atomic E-state index is 0.0707. The van der Waals surface area contributed by atoms with Crippen LogP contribution < -0.4 is 5.32 Å². The third kappa shape index (κ3) is 4.69. The van der Waals surface area contributed by atoms with Gasteiger partial charge in [0.15, 0.2) is 5.78 Å². The number of nitrogens with one attached hydrogen (secondary N) is 1. The third-order valence-corrected chi connectivity index (χ3v) is 6.01. The van der Waals surface area contributed by atoms with Gasteiger partial charge in [0.05, 0.1) is 29.7 Å². The molecule has 0 bridgehead atoms. The lowest BCUT2D eigenvalue weighted by Gasteiger charge is -2.35. The van der Waals surface area contributed by atoms with Crippen molar-refractivity contribution in [2.24, 2.45) is 0 Å². The van der Waals surface area contributed by atoms with Crippen LogP contribution in [-0.4, -0.2) is 37.4 Å². The van der Waals surface area contributed by atoms with Crippen molar-refractivity contribution < 1.29 is 14.3 Å². The van der Waals surface area contributed by atoms with Gasteiger partial charge >= 0.3 is 5.97 Å². The lowest BCUT2D eigenvalue weighted by Crippen LogP contribution is -2.33. The molecule has 0 saturated carbocycles. The fraction of sp³-hybridized carbons (Fsp3) is 0.286. The first kappa shape index (κ1) is 22.7. The SMILES string of the molecule is CCOC(=O)c1cccc2c1C(=O)C(c1ccc(C)cc1)C(c1ccc(CN(C)C)cc1)N2. The first-order valence-electron chi connectivity index (χ1n) is 11.3. The molecule has 4 rings (SSSR count). The van der Waals surface area contributed by atoms with Crippen LogP contribution in [0.4, 0.5) is 5.69 Å². The van der Waals surface area contributed by atoms with E-state index in [9.17, 15) is 9.59 Å². The molecular formula is C28H30N2O3. The van der Waals surface area contributed by atoms with E-state index in [0.717, 1.165) is 23.2 Å². The van der Waals surface area contributed by atoms with Gasteiger partial charge in [0.1, 0.15) is 0 Å². The van der Waals surface area contributed by atoms with Gasteiger partial charge in [-0.1, -0.05) is 60.2 Å². The molecule has 0 amide bonds. The molecule has 2 unspecified atom stereocenters. The number of aryl methyl sites for hydroxylation is 1. The Hall–Kier alpha value is -3.44. The van der Waals surface area contributed by atoms with Gasteiger partial charge in [0.2, 0.25) is 0 Å². The van der Waals surface area contributed by atoms with E-state index in [2.05, 4.69) is 34.5 Å². The molecule has 5 nitrogen and oxygen atoms in total. The zero-order valence-corrected chi connectivity index (χ0v) is 19.6. The molecule has 1 aliphatic heterocycles. The van der Waals surface area contributed by atoms with Crippen LogP contribution in [0, 0.1) is 6.92 Å². The van der Waals surface area contributed by atoms with Crippen LogP contribution in [0.2, 0.25) is 0 Å². The summed E-state index contributed by atoms with van der Waals surface area (Å²) in [4.78, 5) is 28.7. The Labute approximate surface area is 195 Å². The van der Waals surface area contributed by atoms with E-state index in [1.807, 2.05) is 51.4 Å². The molecule has 0 aliphatic carbocycles. The fourth-order valence-electron chi connectivity index (χ4n) is 4.46. The molecule has 5 heteroatoms. The number of anilines is 1. The zero-order chi connectivity index (χ0) is 23.5. The lowest BCUT2D eigenvalue weighted by atomic mass is 9.77. The van der Waals surface area contributed by atoms with E-state index >= 15 is 0 Å². The predicted molar refractivity (Wildman–Crippen MR) is 131 cm³/mol. The van der Waals surface area contributed by atoms with Gasteiger partial charge in [-0.3, -0.25) is 4.79 Å². The summed E-state index contributed by atoms with van der Waals surface area (Å²) in [5.41, 5.74) is 5.67. The second kappa shape index (κ2) is 9.59. The van der Waals surface area contributed by atoms with Crippen molar-refractivity contribution in [3.05, 3.63) is 100 Å². The molecule has 1 N–H and O–H groups in total. The maximum Gasteiger partial charge on any atom is 0.338 e. The Morgan fingerprint density at radius 3 is 2.27 bits per heavy atom. The molecule has 0 spiro atoms. The predicted octanol–water partition coefficient (Wildman–Crippen LogP) is 5.37. The van der Waals surface area contributed by atoms with Gasteiger partial charge in [-0.15, -0.1) is 0 Å². The Morgan fingerprint density at radius 2 is 1.64 bits per heavy atom. The van der Waals surface area contributed by atoms with E-state index in [1.54, 1.807) is 19.1 Å². The first-order chi connectivity index (χ1) is 15.9. The molecule has 0 aromatic heterocycles. The van der Waals surface area contributed by atoms with Crippen molar-refractivity contribution in [2.45, 2.75) is 32.4 Å². The summed E-state index contributed by atoms with van der Waals surface area (Å²) < 4.78 is 5.23. The number of hydrogen-bond donors (Lipinski definition) is 1. The quantitative estimate of drug-likeness (QED) is 0.521. The van der Waals surface area contributed by atoms with Crippen LogP contribution in [-0.2, 0) is 11.3 Å². The maximum atomic E-state index is 14.0. The average molecular weight is 443 g/mol. The number of Topliss-reactive ketones (excluding diaryl/α,β-unsaturated/α-hetero) is 1. The average Bonchev–Trinajstić information content (AvgIpc) is 2.79. The summed E-state index contributed by atoms with van der Waals surface area (Å²) in [7, 11) is 4.08. The number of nitrogens with zero attached hydrogens (tertiary/aromatic N) is 1. The number of esters is 1. The normalized spacial score (nSPS) is 17.4. The largest absolute Gasteiger partial charge is 0.462 e. The molecule has 0 saturated heterocycles. The zero-order valence-electron chi connectivity index (χ0n) is 19.6. The molecule has 3 aromatic rings. The van der Waals surface area contributed by atoms with E-state index in [4.69, 9.17) is 4.74 Å². The summed E-state index contributed by atoms with van der Waals surface area (Å²) in [6.07, 6.45) is 0. The van der Waals surface area contributed by atoms with E-state index in [-0.39, 0.29) is 18.4 Å². The smallest absolute Gasteiger partial charge is 0.338 e. The van der Waals surface area contributed by atoms with E-state index in [1.165, 1.54) is 5.56 Å². The van der Waals surface area contributed by atoms with Crippen molar-refractivity contribution in [2.75, 3.05) is 26.0 Å². The minimum atomic E-state index is -0.473. The first-order valence-corrected chi connectivity index (χ1v) is 11.3. The van der Waals surface area contributed by atoms with Crippen LogP contribution in [0.5, 0.6) is 0 Å². The number of benzene rings is 3. The van der Waals surface area contributed by atoms with Gasteiger partial charge in [0, 0.05) is 12.2 Å². The Balaban J connectivity index is 1.81. The molecule has 3 aromatic carbocycles. The molecular weight excluding hydrogens is 412 g/mol. The van der Waals surface area contributed by atoms with E-state index < -0.39 is 11.9 Å². The Bertz CT molecular complexity index is 1150. The van der Waals surface area contributed by atoms with Gasteiger partial charge in [-0.2, -0.15) is 0 Å². The van der Waals surface area contributed by atoms with Gasteiger partial charge < -0.3 is 15.0 Å². The van der Waals surface area contributed by atoms with Crippen LogP contribution in [0.15, 0.2) is 66.7 Å². The highest BCUT2D eigenvalue weighted by atomic mass is 16.5. The van der Waals surface area contributed by atoms with Crippen molar-refractivity contribution >= 4 is 17.4 Å². The number of rotatable bonds is 6. The molecule has 33 heavy (non-hydrogen) atoms. The molecule has 1 heterocycles. The number of ether oxygens (including phenoxy) is 1. The number of carbonyl (C=O) groups excluding carboxylic acids is 2. The molecule has 1 aliphatic rings. The van der Waals surface area contributed by atoms with Crippen LogP contribution in [0.25, 0.3) is 0 Å². The monoisotopic (exact) mass is 442 g/mol. The summed E-state index contributed by atoms with van der Waals surface area (Å²) in [6, 6.07) is 21.5. The Kier molecular flexibility index (Phi) is 6.61. The number of fused-ring (bicyclic) bond motifs is 1. The summed E-state index contributed by atoms with van der Waals surface area (Å²) in [5, 5.41) is 3.57. The van der Waals surface area contributed by atoms with Gasteiger partial charge in [-0.25, -0.2) is 4.79 Å². The van der Waals surface area contributed by atoms with Crippen LogP contribution >= 0.6 is 0 Å². The topological polar surface area (TPSA) is 58.6 Å². The summed E-state index contributed by atoms with van der Waals surface area (Å²) in [5.74, 6) is -1.01. The highest BCUT2D eigenvalue weighted by Crippen LogP contribution is 2.43. The number of ketones is 1. The highest BCUT2D eigenvalue weighted by molar-refractivity contribution is 6.14. The van der Waals surface area contributed by atoms with Crippen molar-refractivity contribution in [3.8, 4) is 0 Å². The van der Waals surface area contributed by atoms with Crippen molar-refractivity contribution in [3.63, 3.8) is 0 Å². The third-order valence-electron chi connectivity index (χ3n) is 6.01. The standard InChI is InChI=1S/C28H30N2O3/c1-5-33-28(32)22-7-6-8-23-25(22)27(31)24(20-13-9-18(2)10-14-20)26(29-23)21-15-11-19(12-16-21)17-30(3)4/h6-16,24,26,29H,5,17H2,1-4H3. The van der Waals surface area contributed by atoms with Crippen LogP contribution in [0.1, 0.15) is 61.9 Å². The van der Waals surface area contributed by atoms with Crippen molar-refractivity contribution in [1.82, 2.24) is 4.90 Å². The number of hydrogen-bond acceptors (Lipinski definition) is 5. The Morgan fingerprint density at radius 1 is 0.970 bits per heavy atom. The minimum Gasteiger partial charge on any atom is -0.462 e. The summed E-state index contributed by atoms with van der Waals surface area (Å²) in [6.45, 7) is 4.90. The number of carbonyl (C=O) groups is 2. The second-order valence-electron chi connectivity index (χ2n) is 8.80. The summed E-state index contributed by atoms with van der Waals surface area (Å²) >= 11 is 0. The van der Waals surface area contributed by atoms with Gasteiger partial charge in [0.25, 0.3) is 0 Å². The molecule has 2 atom stereocenters. The molecule has 0 fully saturated rings. The van der Waals surface area contributed by atoms with Gasteiger partial charge in [-0.05, 0) is 56.8 Å². The molecule has 0 radical (unpaired) electrons. The molecule has 170 valence electrons. The lowest BCUT2D eigenvalue weighted by molar-refractivity contribution is 0.0522. The van der Waals surface area contributed by atoms with E-state index in [0.29, 0.717) is 16.8 Å².